The molecule has 0 bridgehead atoms. The standard InChI is InChI=1S/C23H23ClFN3O/c1-3-21(16-4-8-18(24)9-5-16)28-22-12-13-27(15(2)29)14-20(22)23(26-28)17-6-10-19(25)11-7-17/h4-11,21H,3,12-14H2,1-2H3/t21-/m1/s1. The molecular formula is C23H23ClFN3O. The van der Waals surface area contributed by atoms with Crippen LogP contribution in [0.1, 0.15) is 43.1 Å². The molecule has 0 saturated carbocycles. The number of nitrogens with zero attached hydrogens (tertiary/aromatic N) is 3. The molecule has 1 amide bonds. The van der Waals surface area contributed by atoms with Crippen molar-refractivity contribution in [1.29, 1.82) is 0 Å². The van der Waals surface area contributed by atoms with Crippen LogP contribution in [0.4, 0.5) is 4.39 Å². The number of fused-ring (bicyclic) bond motifs is 1. The number of halogens is 2. The molecule has 0 radical (unpaired) electrons. The van der Waals surface area contributed by atoms with Crippen molar-refractivity contribution in [3.8, 4) is 11.3 Å². The Labute approximate surface area is 174 Å². The van der Waals surface area contributed by atoms with E-state index in [1.807, 2.05) is 29.2 Å². The van der Waals surface area contributed by atoms with E-state index >= 15 is 0 Å². The summed E-state index contributed by atoms with van der Waals surface area (Å²) in [4.78, 5) is 13.8. The lowest BCUT2D eigenvalue weighted by molar-refractivity contribution is -0.129. The normalized spacial score (nSPS) is 14.6. The SMILES string of the molecule is CC[C@H](c1ccc(Cl)cc1)n1nc(-c2ccc(F)cc2)c2c1CCN(C(C)=O)C2. The minimum atomic E-state index is -0.278. The Bertz CT molecular complexity index is 1030. The number of benzene rings is 2. The van der Waals surface area contributed by atoms with Crippen LogP contribution in [0.2, 0.25) is 5.02 Å². The van der Waals surface area contributed by atoms with Gasteiger partial charge in [0, 0.05) is 48.3 Å². The molecule has 150 valence electrons. The zero-order valence-electron chi connectivity index (χ0n) is 16.5. The smallest absolute Gasteiger partial charge is 0.219 e. The van der Waals surface area contributed by atoms with Crippen LogP contribution >= 0.6 is 11.6 Å². The molecular weight excluding hydrogens is 389 g/mol. The fraction of sp³-hybridized carbons (Fsp3) is 0.304. The van der Waals surface area contributed by atoms with Gasteiger partial charge in [-0.15, -0.1) is 0 Å². The number of rotatable bonds is 4. The first-order valence-corrected chi connectivity index (χ1v) is 10.2. The first kappa shape index (κ1) is 19.6. The summed E-state index contributed by atoms with van der Waals surface area (Å²) in [5, 5.41) is 5.68. The van der Waals surface area contributed by atoms with Crippen molar-refractivity contribution in [2.24, 2.45) is 0 Å². The third-order valence-electron chi connectivity index (χ3n) is 5.59. The third-order valence-corrected chi connectivity index (χ3v) is 5.84. The summed E-state index contributed by atoms with van der Waals surface area (Å²) < 4.78 is 15.6. The van der Waals surface area contributed by atoms with Crippen molar-refractivity contribution in [1.82, 2.24) is 14.7 Å². The van der Waals surface area contributed by atoms with Crippen LogP contribution in [0.25, 0.3) is 11.3 Å². The molecule has 0 fully saturated rings. The lowest BCUT2D eigenvalue weighted by Gasteiger charge is -2.28. The minimum absolute atomic E-state index is 0.0539. The molecule has 29 heavy (non-hydrogen) atoms. The van der Waals surface area contributed by atoms with Crippen LogP contribution in [-0.2, 0) is 17.8 Å². The molecule has 1 aliphatic rings. The Balaban J connectivity index is 1.84. The van der Waals surface area contributed by atoms with Gasteiger partial charge in [-0.05, 0) is 48.4 Å². The molecule has 1 atom stereocenters. The summed E-state index contributed by atoms with van der Waals surface area (Å²) in [5.74, 6) is -0.224. The van der Waals surface area contributed by atoms with E-state index in [9.17, 15) is 9.18 Å². The molecule has 4 rings (SSSR count). The van der Waals surface area contributed by atoms with Gasteiger partial charge < -0.3 is 4.90 Å². The molecule has 0 spiro atoms. The topological polar surface area (TPSA) is 38.1 Å². The van der Waals surface area contributed by atoms with Crippen LogP contribution in [0.15, 0.2) is 48.5 Å². The predicted octanol–water partition coefficient (Wildman–Crippen LogP) is 5.25. The molecule has 3 aromatic rings. The second kappa shape index (κ2) is 7.99. The molecule has 6 heteroatoms. The molecule has 0 unspecified atom stereocenters. The van der Waals surface area contributed by atoms with Crippen LogP contribution < -0.4 is 0 Å². The van der Waals surface area contributed by atoms with E-state index in [2.05, 4.69) is 11.6 Å². The Morgan fingerprint density at radius 1 is 1.17 bits per heavy atom. The van der Waals surface area contributed by atoms with Crippen LogP contribution in [-0.4, -0.2) is 27.1 Å². The van der Waals surface area contributed by atoms with Gasteiger partial charge in [0.15, 0.2) is 0 Å². The molecule has 0 aliphatic carbocycles. The summed E-state index contributed by atoms with van der Waals surface area (Å²) >= 11 is 6.07. The van der Waals surface area contributed by atoms with Crippen LogP contribution in [0.3, 0.4) is 0 Å². The van der Waals surface area contributed by atoms with E-state index in [0.29, 0.717) is 18.1 Å². The third kappa shape index (κ3) is 3.79. The maximum atomic E-state index is 13.5. The number of hydrogen-bond acceptors (Lipinski definition) is 2. The van der Waals surface area contributed by atoms with Gasteiger partial charge in [-0.25, -0.2) is 4.39 Å². The van der Waals surface area contributed by atoms with Gasteiger partial charge in [0.2, 0.25) is 5.91 Å². The minimum Gasteiger partial charge on any atom is -0.338 e. The summed E-state index contributed by atoms with van der Waals surface area (Å²) in [6, 6.07) is 14.3. The Kier molecular flexibility index (Phi) is 5.41. The summed E-state index contributed by atoms with van der Waals surface area (Å²) in [5.41, 5.74) is 5.01. The summed E-state index contributed by atoms with van der Waals surface area (Å²) in [6.45, 7) is 4.92. The molecule has 1 aromatic heterocycles. The van der Waals surface area contributed by atoms with E-state index in [4.69, 9.17) is 16.7 Å². The van der Waals surface area contributed by atoms with Gasteiger partial charge in [0.05, 0.1) is 11.7 Å². The van der Waals surface area contributed by atoms with Gasteiger partial charge in [0.25, 0.3) is 0 Å². The maximum Gasteiger partial charge on any atom is 0.219 e. The number of hydrogen-bond donors (Lipinski definition) is 0. The van der Waals surface area contributed by atoms with Gasteiger partial charge in [-0.3, -0.25) is 9.48 Å². The first-order valence-electron chi connectivity index (χ1n) is 9.85. The van der Waals surface area contributed by atoms with Crippen molar-refractivity contribution < 1.29 is 9.18 Å². The fourth-order valence-electron chi connectivity index (χ4n) is 4.05. The Hall–Kier alpha value is -2.66. The average Bonchev–Trinajstić information content (AvgIpc) is 3.09. The summed E-state index contributed by atoms with van der Waals surface area (Å²) in [7, 11) is 0. The first-order chi connectivity index (χ1) is 14.0. The molecule has 2 heterocycles. The highest BCUT2D eigenvalue weighted by Gasteiger charge is 2.29. The molecule has 1 aliphatic heterocycles. The molecule has 2 aromatic carbocycles. The van der Waals surface area contributed by atoms with Gasteiger partial charge in [-0.1, -0.05) is 30.7 Å². The van der Waals surface area contributed by atoms with Crippen LogP contribution in [0, 0.1) is 5.82 Å². The van der Waals surface area contributed by atoms with Crippen molar-refractivity contribution in [2.45, 2.75) is 39.3 Å². The second-order valence-corrected chi connectivity index (χ2v) is 7.83. The highest BCUT2D eigenvalue weighted by Crippen LogP contribution is 2.34. The monoisotopic (exact) mass is 411 g/mol. The fourth-order valence-corrected chi connectivity index (χ4v) is 4.17. The lowest BCUT2D eigenvalue weighted by atomic mass is 9.99. The molecule has 4 nitrogen and oxygen atoms in total. The second-order valence-electron chi connectivity index (χ2n) is 7.39. The number of aromatic nitrogens is 2. The van der Waals surface area contributed by atoms with E-state index in [0.717, 1.165) is 40.9 Å². The quantitative estimate of drug-likeness (QED) is 0.588. The van der Waals surface area contributed by atoms with E-state index in [-0.39, 0.29) is 17.8 Å². The highest BCUT2D eigenvalue weighted by molar-refractivity contribution is 6.30. The number of carbonyl (C=O) groups excluding carboxylic acids is 1. The number of amides is 1. The summed E-state index contributed by atoms with van der Waals surface area (Å²) in [6.07, 6.45) is 1.61. The Morgan fingerprint density at radius 2 is 1.86 bits per heavy atom. The predicted molar refractivity (Wildman–Crippen MR) is 112 cm³/mol. The van der Waals surface area contributed by atoms with Crippen molar-refractivity contribution >= 4 is 17.5 Å². The van der Waals surface area contributed by atoms with Gasteiger partial charge in [-0.2, -0.15) is 5.10 Å². The zero-order valence-corrected chi connectivity index (χ0v) is 17.3. The van der Waals surface area contributed by atoms with E-state index in [1.165, 1.54) is 12.1 Å². The zero-order chi connectivity index (χ0) is 20.5. The molecule has 0 N–H and O–H groups in total. The Morgan fingerprint density at radius 3 is 2.48 bits per heavy atom. The van der Waals surface area contributed by atoms with Crippen molar-refractivity contribution in [3.05, 3.63) is 76.2 Å². The lowest BCUT2D eigenvalue weighted by Crippen LogP contribution is -2.35. The number of carbonyl (C=O) groups is 1. The van der Waals surface area contributed by atoms with E-state index < -0.39 is 0 Å². The van der Waals surface area contributed by atoms with Gasteiger partial charge >= 0.3 is 0 Å². The van der Waals surface area contributed by atoms with Crippen molar-refractivity contribution in [3.63, 3.8) is 0 Å². The van der Waals surface area contributed by atoms with Crippen LogP contribution in [0.5, 0.6) is 0 Å². The van der Waals surface area contributed by atoms with Crippen molar-refractivity contribution in [2.75, 3.05) is 6.54 Å². The molecule has 0 saturated heterocycles. The van der Waals surface area contributed by atoms with E-state index in [1.54, 1.807) is 19.1 Å². The van der Waals surface area contributed by atoms with Gasteiger partial charge in [0.1, 0.15) is 5.82 Å². The maximum absolute atomic E-state index is 13.5. The largest absolute Gasteiger partial charge is 0.338 e. The average molecular weight is 412 g/mol. The highest BCUT2D eigenvalue weighted by atomic mass is 35.5.